The molecule has 0 atom stereocenters. The predicted molar refractivity (Wildman–Crippen MR) is 149 cm³/mol. The van der Waals surface area contributed by atoms with Gasteiger partial charge in [-0.25, -0.2) is 19.7 Å². The zero-order valence-electron chi connectivity index (χ0n) is 23.6. The van der Waals surface area contributed by atoms with E-state index in [9.17, 15) is 14.8 Å². The van der Waals surface area contributed by atoms with Gasteiger partial charge in [-0.15, -0.1) is 0 Å². The molecule has 2 heterocycles. The van der Waals surface area contributed by atoms with Crippen LogP contribution in [0.15, 0.2) is 79.1 Å². The van der Waals surface area contributed by atoms with E-state index in [-0.39, 0.29) is 12.6 Å². The number of pyridine rings is 2. The van der Waals surface area contributed by atoms with Gasteiger partial charge in [0.2, 0.25) is 0 Å². The van der Waals surface area contributed by atoms with Gasteiger partial charge in [-0.2, -0.15) is 0 Å². The maximum absolute atomic E-state index is 12.4. The molecule has 0 aliphatic carbocycles. The van der Waals surface area contributed by atoms with Gasteiger partial charge in [-0.05, 0) is 71.4 Å². The van der Waals surface area contributed by atoms with Crippen molar-refractivity contribution in [1.82, 2.24) is 30.7 Å². The Labute approximate surface area is 230 Å². The van der Waals surface area contributed by atoms with Crippen molar-refractivity contribution in [3.8, 4) is 0 Å². The molecule has 0 radical (unpaired) electrons. The molecule has 0 aliphatic rings. The molecule has 2 aromatic heterocycles. The Morgan fingerprint density at radius 2 is 1.26 bits per heavy atom. The molecule has 10 nitrogen and oxygen atoms in total. The number of hydrogen-bond donors (Lipinski definition) is 3. The van der Waals surface area contributed by atoms with Crippen molar-refractivity contribution in [2.45, 2.75) is 59.2 Å². The highest BCUT2D eigenvalue weighted by Crippen LogP contribution is 2.18. The monoisotopic (exact) mass is 536 g/mol. The first-order valence-electron chi connectivity index (χ1n) is 12.9. The highest BCUT2D eigenvalue weighted by atomic mass is 16.7. The number of aromatic nitrogens is 2. The molecule has 3 rings (SSSR count). The van der Waals surface area contributed by atoms with Gasteiger partial charge >= 0.3 is 12.1 Å². The first-order chi connectivity index (χ1) is 18.5. The molecule has 0 saturated carbocycles. The largest absolute Gasteiger partial charge is 0.342 e. The van der Waals surface area contributed by atoms with Gasteiger partial charge in [0.15, 0.2) is 0 Å². The summed E-state index contributed by atoms with van der Waals surface area (Å²) in [5.74, 6) is 0. The normalized spacial score (nSPS) is 11.1. The Bertz CT molecular complexity index is 1140. The van der Waals surface area contributed by atoms with E-state index in [1.807, 2.05) is 101 Å². The number of nitrogens with zero attached hydrogens (tertiary/aromatic N) is 4. The Kier molecular flexibility index (Phi) is 11.8. The third-order valence-corrected chi connectivity index (χ3v) is 5.73. The van der Waals surface area contributed by atoms with Gasteiger partial charge in [0, 0.05) is 25.5 Å². The van der Waals surface area contributed by atoms with Crippen LogP contribution in [0.3, 0.4) is 0 Å². The van der Waals surface area contributed by atoms with E-state index in [2.05, 4.69) is 20.6 Å². The van der Waals surface area contributed by atoms with Crippen LogP contribution in [0.25, 0.3) is 0 Å². The van der Waals surface area contributed by atoms with Crippen molar-refractivity contribution in [2.75, 3.05) is 13.1 Å². The molecule has 0 aliphatic heterocycles. The zero-order valence-corrected chi connectivity index (χ0v) is 23.6. The van der Waals surface area contributed by atoms with E-state index in [0.717, 1.165) is 17.0 Å². The second kappa shape index (κ2) is 14.8. The quantitative estimate of drug-likeness (QED) is 0.255. The number of benzene rings is 1. The topological polar surface area (TPSA) is 120 Å². The Morgan fingerprint density at radius 1 is 0.769 bits per heavy atom. The van der Waals surface area contributed by atoms with Crippen LogP contribution in [0.4, 0.5) is 9.59 Å². The lowest BCUT2D eigenvalue weighted by Crippen LogP contribution is -2.48. The number of carbonyl (C=O) groups excluding carboxylic acids is 2. The number of nitrogens with one attached hydrogen (secondary N) is 2. The summed E-state index contributed by atoms with van der Waals surface area (Å²) in [6, 6.07) is 20.1. The van der Waals surface area contributed by atoms with Crippen molar-refractivity contribution in [3.63, 3.8) is 0 Å². The Balaban J connectivity index is 0.000000293. The summed E-state index contributed by atoms with van der Waals surface area (Å²) in [6.07, 6.45) is 3.38. The number of hydroxylamine groups is 4. The summed E-state index contributed by atoms with van der Waals surface area (Å²) in [7, 11) is 0. The molecular weight excluding hydrogens is 496 g/mol. The van der Waals surface area contributed by atoms with E-state index < -0.39 is 17.1 Å². The molecule has 3 aromatic rings. The van der Waals surface area contributed by atoms with Crippen molar-refractivity contribution < 1.29 is 19.6 Å². The van der Waals surface area contributed by atoms with Gasteiger partial charge < -0.3 is 10.6 Å². The van der Waals surface area contributed by atoms with Crippen LogP contribution in [0.2, 0.25) is 0 Å². The molecule has 0 fully saturated rings. The highest BCUT2D eigenvalue weighted by molar-refractivity contribution is 5.74. The van der Waals surface area contributed by atoms with Crippen molar-refractivity contribution in [2.24, 2.45) is 0 Å². The standard InChI is InChI=1S/C18H23N3O2.C11H17N3O2/c1-4-21(23-14-15-10-6-5-7-11-15)17(22)20-18(2,3)16-12-8-9-13-19-16;1-4-14(16)10(15)13-11(2,3)9-7-5-6-8-12-9/h5-13H,4,14H2,1-3H3,(H,20,22);5-8,16H,4H2,1-3H3,(H,13,15). The lowest BCUT2D eigenvalue weighted by molar-refractivity contribution is -0.126. The lowest BCUT2D eigenvalue weighted by Gasteiger charge is -2.29. The molecule has 3 N–H and O–H groups in total. The minimum atomic E-state index is -0.617. The SMILES string of the molecule is CCN(O)C(=O)NC(C)(C)c1ccccn1.CCN(OCc1ccccc1)C(=O)NC(C)(C)c1ccccn1. The van der Waals surface area contributed by atoms with Crippen LogP contribution in [0, 0.1) is 0 Å². The van der Waals surface area contributed by atoms with Crippen LogP contribution < -0.4 is 10.6 Å². The summed E-state index contributed by atoms with van der Waals surface area (Å²) in [6.45, 7) is 12.1. The molecule has 0 spiro atoms. The molecule has 39 heavy (non-hydrogen) atoms. The summed E-state index contributed by atoms with van der Waals surface area (Å²) >= 11 is 0. The number of rotatable bonds is 9. The number of carbonyl (C=O) groups is 2. The molecule has 210 valence electrons. The minimum absolute atomic E-state index is 0.240. The van der Waals surface area contributed by atoms with Crippen LogP contribution in [0.5, 0.6) is 0 Å². The summed E-state index contributed by atoms with van der Waals surface area (Å²) in [5.41, 5.74) is 1.36. The van der Waals surface area contributed by atoms with Gasteiger partial charge in [-0.1, -0.05) is 42.5 Å². The van der Waals surface area contributed by atoms with Gasteiger partial charge in [-0.3, -0.25) is 20.0 Å². The zero-order chi connectivity index (χ0) is 28.9. The van der Waals surface area contributed by atoms with Gasteiger partial charge in [0.25, 0.3) is 0 Å². The maximum Gasteiger partial charge on any atom is 0.342 e. The third kappa shape index (κ3) is 9.99. The number of hydrogen-bond acceptors (Lipinski definition) is 6. The average molecular weight is 537 g/mol. The number of urea groups is 2. The van der Waals surface area contributed by atoms with Crippen molar-refractivity contribution in [1.29, 1.82) is 0 Å². The smallest absolute Gasteiger partial charge is 0.326 e. The lowest BCUT2D eigenvalue weighted by atomic mass is 10.0. The van der Waals surface area contributed by atoms with Gasteiger partial charge in [0.1, 0.15) is 6.61 Å². The minimum Gasteiger partial charge on any atom is -0.326 e. The van der Waals surface area contributed by atoms with Crippen LogP contribution in [-0.4, -0.2) is 50.5 Å². The fourth-order valence-electron chi connectivity index (χ4n) is 3.42. The van der Waals surface area contributed by atoms with E-state index in [1.165, 1.54) is 5.06 Å². The molecule has 1 aromatic carbocycles. The molecule has 0 unspecified atom stereocenters. The van der Waals surface area contributed by atoms with E-state index >= 15 is 0 Å². The van der Waals surface area contributed by atoms with Crippen molar-refractivity contribution in [3.05, 3.63) is 96.1 Å². The third-order valence-electron chi connectivity index (χ3n) is 5.73. The van der Waals surface area contributed by atoms with Crippen LogP contribution in [-0.2, 0) is 22.5 Å². The Morgan fingerprint density at radius 3 is 1.69 bits per heavy atom. The Hall–Kier alpha value is -4.02. The van der Waals surface area contributed by atoms with E-state index in [4.69, 9.17) is 4.84 Å². The maximum atomic E-state index is 12.4. The fourth-order valence-corrected chi connectivity index (χ4v) is 3.42. The summed E-state index contributed by atoms with van der Waals surface area (Å²) in [4.78, 5) is 38.1. The molecule has 4 amide bonds. The van der Waals surface area contributed by atoms with Gasteiger partial charge in [0.05, 0.1) is 22.5 Å². The van der Waals surface area contributed by atoms with Crippen LogP contribution in [0.1, 0.15) is 58.5 Å². The second-order valence-electron chi connectivity index (χ2n) is 9.71. The first kappa shape index (κ1) is 31.2. The van der Waals surface area contributed by atoms with E-state index in [1.54, 1.807) is 19.3 Å². The molecule has 0 bridgehead atoms. The fraction of sp³-hybridized carbons (Fsp3) is 0.379. The highest BCUT2D eigenvalue weighted by Gasteiger charge is 2.27. The summed E-state index contributed by atoms with van der Waals surface area (Å²) < 4.78 is 0. The number of amides is 4. The predicted octanol–water partition coefficient (Wildman–Crippen LogP) is 5.22. The average Bonchev–Trinajstić information content (AvgIpc) is 2.94. The van der Waals surface area contributed by atoms with Crippen molar-refractivity contribution >= 4 is 12.1 Å². The first-order valence-corrected chi connectivity index (χ1v) is 12.9. The van der Waals surface area contributed by atoms with Crippen LogP contribution >= 0.6 is 0 Å². The second-order valence-corrected chi connectivity index (χ2v) is 9.71. The molecule has 0 saturated heterocycles. The summed E-state index contributed by atoms with van der Waals surface area (Å²) in [5, 5.41) is 16.9. The van der Waals surface area contributed by atoms with E-state index in [0.29, 0.717) is 18.2 Å². The molecule has 10 heteroatoms. The molecular formula is C29H40N6O4.